The van der Waals surface area contributed by atoms with Crippen LogP contribution in [0, 0.1) is 5.82 Å². The predicted octanol–water partition coefficient (Wildman–Crippen LogP) is 4.17. The lowest BCUT2D eigenvalue weighted by molar-refractivity contribution is -0.138. The highest BCUT2D eigenvalue weighted by atomic mass is 35.5. The van der Waals surface area contributed by atoms with Gasteiger partial charge in [0.2, 0.25) is 11.8 Å². The third-order valence-corrected chi connectivity index (χ3v) is 7.92. The molecule has 1 fully saturated rings. The molecule has 1 aliphatic heterocycles. The first-order valence-electron chi connectivity index (χ1n) is 11.8. The van der Waals surface area contributed by atoms with Crippen LogP contribution >= 0.6 is 19.2 Å². The number of halogens is 4. The van der Waals surface area contributed by atoms with E-state index in [4.69, 9.17) is 21.4 Å². The number of hydrogen-bond acceptors (Lipinski definition) is 4. The Balaban J connectivity index is 1.58. The van der Waals surface area contributed by atoms with E-state index in [0.717, 1.165) is 18.2 Å². The number of carbonyl (C=O) groups is 3. The fourth-order valence-electron chi connectivity index (χ4n) is 4.62. The average Bonchev–Trinajstić information content (AvgIpc) is 3.49. The van der Waals surface area contributed by atoms with Gasteiger partial charge in [-0.05, 0) is 31.9 Å². The molecule has 1 atom stereocenters. The molecule has 2 aromatic carbocycles. The van der Waals surface area contributed by atoms with Crippen LogP contribution in [0.25, 0.3) is 10.9 Å². The van der Waals surface area contributed by atoms with Gasteiger partial charge in [-0.3, -0.25) is 18.9 Å². The minimum absolute atomic E-state index is 0.00388. The molecule has 1 aliphatic rings. The maximum absolute atomic E-state index is 14.4. The molecule has 3 aromatic rings. The number of nitrogens with one attached hydrogen (secondary N) is 1. The minimum atomic E-state index is -5.85. The molecule has 208 valence electrons. The summed E-state index contributed by atoms with van der Waals surface area (Å²) in [4.78, 5) is 57.8. The van der Waals surface area contributed by atoms with Crippen molar-refractivity contribution in [1.29, 1.82) is 0 Å². The van der Waals surface area contributed by atoms with Crippen LogP contribution in [0.2, 0.25) is 5.02 Å². The fraction of sp³-hybridized carbons (Fsp3) is 0.320. The Morgan fingerprint density at radius 3 is 2.59 bits per heavy atom. The Morgan fingerprint density at radius 1 is 1.21 bits per heavy atom. The maximum atomic E-state index is 14.4. The standard InChI is InChI=1S/C25H24ClF3N3O6P/c1-14(33)18-12-31(21-10-16(7-8-17(18)21)25(28,29)39(36,37)38)13-22(34)32-9-3-6-20(32)24(35)30-11-15-4-2-5-19(26)23(15)27/h2,4-5,7-8,10,12,20H,3,6,9,11,13H2,1H3,(H,30,35)(H2,36,37,38)/t20-/m0/s1. The van der Waals surface area contributed by atoms with Crippen molar-refractivity contribution in [2.45, 2.75) is 44.6 Å². The third kappa shape index (κ3) is 5.60. The molecule has 4 rings (SSSR count). The summed E-state index contributed by atoms with van der Waals surface area (Å²) in [6.07, 6.45) is 2.16. The van der Waals surface area contributed by atoms with Gasteiger partial charge in [-0.1, -0.05) is 35.9 Å². The van der Waals surface area contributed by atoms with Crippen LogP contribution < -0.4 is 5.32 Å². The number of Topliss-reactive ketones (excluding diaryl/α,β-unsaturated/α-hetero) is 1. The van der Waals surface area contributed by atoms with Crippen molar-refractivity contribution in [2.24, 2.45) is 0 Å². The van der Waals surface area contributed by atoms with E-state index in [9.17, 15) is 32.1 Å². The minimum Gasteiger partial charge on any atom is -0.350 e. The number of rotatable bonds is 8. The number of fused-ring (bicyclic) bond motifs is 1. The van der Waals surface area contributed by atoms with Crippen LogP contribution in [-0.4, -0.2) is 49.4 Å². The monoisotopic (exact) mass is 585 g/mol. The Morgan fingerprint density at radius 2 is 1.92 bits per heavy atom. The lowest BCUT2D eigenvalue weighted by atomic mass is 10.1. The zero-order chi connectivity index (χ0) is 28.7. The largest absolute Gasteiger partial charge is 0.399 e. The smallest absolute Gasteiger partial charge is 0.350 e. The van der Waals surface area contributed by atoms with Gasteiger partial charge in [0, 0.05) is 46.9 Å². The first-order valence-corrected chi connectivity index (χ1v) is 13.8. The number of hydrogen-bond donors (Lipinski definition) is 3. The number of nitrogens with zero attached hydrogens (tertiary/aromatic N) is 2. The molecule has 2 amide bonds. The molecule has 0 spiro atoms. The molecule has 0 aliphatic carbocycles. The van der Waals surface area contributed by atoms with Crippen molar-refractivity contribution in [1.82, 2.24) is 14.8 Å². The molecule has 0 bridgehead atoms. The third-order valence-electron chi connectivity index (χ3n) is 6.64. The second-order valence-electron chi connectivity index (χ2n) is 9.22. The molecule has 0 radical (unpaired) electrons. The number of aromatic nitrogens is 1. The van der Waals surface area contributed by atoms with Gasteiger partial charge < -0.3 is 24.6 Å². The van der Waals surface area contributed by atoms with Crippen LogP contribution in [0.3, 0.4) is 0 Å². The predicted molar refractivity (Wildman–Crippen MR) is 136 cm³/mol. The first-order chi connectivity index (χ1) is 18.2. The topological polar surface area (TPSA) is 129 Å². The molecule has 3 N–H and O–H groups in total. The fourth-order valence-corrected chi connectivity index (χ4v) is 5.29. The van der Waals surface area contributed by atoms with E-state index < -0.39 is 54.8 Å². The first kappa shape index (κ1) is 28.8. The Hall–Kier alpha value is -3.18. The number of benzene rings is 2. The van der Waals surface area contributed by atoms with Crippen molar-refractivity contribution in [3.05, 3.63) is 70.1 Å². The van der Waals surface area contributed by atoms with E-state index >= 15 is 0 Å². The Labute approximate surface area is 225 Å². The molecule has 1 aromatic heterocycles. The summed E-state index contributed by atoms with van der Waals surface area (Å²) in [5.41, 5.74) is -5.17. The number of carbonyl (C=O) groups excluding carboxylic acids is 3. The Bertz CT molecular complexity index is 1520. The zero-order valence-electron chi connectivity index (χ0n) is 20.5. The number of ketones is 1. The normalized spacial score (nSPS) is 16.1. The van der Waals surface area contributed by atoms with Crippen molar-refractivity contribution < 1.29 is 41.9 Å². The van der Waals surface area contributed by atoms with E-state index in [1.807, 2.05) is 0 Å². The summed E-state index contributed by atoms with van der Waals surface area (Å²) in [6, 6.07) is 6.32. The maximum Gasteiger partial charge on any atom is 0.399 e. The molecule has 0 saturated carbocycles. The molecule has 39 heavy (non-hydrogen) atoms. The molecule has 14 heteroatoms. The molecular weight excluding hydrogens is 562 g/mol. The lowest BCUT2D eigenvalue weighted by Gasteiger charge is -2.24. The van der Waals surface area contributed by atoms with Crippen molar-refractivity contribution in [3.63, 3.8) is 0 Å². The summed E-state index contributed by atoms with van der Waals surface area (Å²) < 4.78 is 55.6. The summed E-state index contributed by atoms with van der Waals surface area (Å²) in [7, 11) is -5.85. The summed E-state index contributed by atoms with van der Waals surface area (Å²) in [6.45, 7) is 0.914. The second-order valence-corrected chi connectivity index (χ2v) is 11.3. The molecule has 9 nitrogen and oxygen atoms in total. The number of alkyl halides is 2. The van der Waals surface area contributed by atoms with Gasteiger partial charge >= 0.3 is 13.3 Å². The van der Waals surface area contributed by atoms with Gasteiger partial charge in [0.05, 0.1) is 5.02 Å². The van der Waals surface area contributed by atoms with Gasteiger partial charge in [0.15, 0.2) is 5.78 Å². The van der Waals surface area contributed by atoms with Gasteiger partial charge in [0.1, 0.15) is 18.4 Å². The van der Waals surface area contributed by atoms with Gasteiger partial charge in [-0.25, -0.2) is 4.39 Å². The van der Waals surface area contributed by atoms with E-state index in [1.165, 1.54) is 40.8 Å². The van der Waals surface area contributed by atoms with E-state index in [-0.39, 0.29) is 40.1 Å². The van der Waals surface area contributed by atoms with Crippen molar-refractivity contribution in [3.8, 4) is 0 Å². The van der Waals surface area contributed by atoms with E-state index in [0.29, 0.717) is 12.8 Å². The summed E-state index contributed by atoms with van der Waals surface area (Å²) in [5.74, 6) is -2.12. The van der Waals surface area contributed by atoms with E-state index in [2.05, 4.69) is 5.32 Å². The highest BCUT2D eigenvalue weighted by molar-refractivity contribution is 7.52. The number of amides is 2. The van der Waals surface area contributed by atoms with Gasteiger partial charge in [0.25, 0.3) is 0 Å². The van der Waals surface area contributed by atoms with E-state index in [1.54, 1.807) is 0 Å². The zero-order valence-corrected chi connectivity index (χ0v) is 22.2. The SMILES string of the molecule is CC(=O)c1cn(CC(=O)N2CCC[C@H]2C(=O)NCc2cccc(Cl)c2F)c2cc(C(F)(F)P(=O)(O)O)ccc12. The highest BCUT2D eigenvalue weighted by Crippen LogP contribution is 2.59. The lowest BCUT2D eigenvalue weighted by Crippen LogP contribution is -2.46. The Kier molecular flexibility index (Phi) is 7.96. The second kappa shape index (κ2) is 10.8. The van der Waals surface area contributed by atoms with Gasteiger partial charge in [-0.15, -0.1) is 0 Å². The number of likely N-dealkylation sites (tertiary alicyclic amines) is 1. The summed E-state index contributed by atoms with van der Waals surface area (Å²) in [5, 5.41) is 2.73. The molecule has 1 saturated heterocycles. The van der Waals surface area contributed by atoms with Crippen molar-refractivity contribution >= 4 is 47.7 Å². The van der Waals surface area contributed by atoms with Crippen LogP contribution in [0.5, 0.6) is 0 Å². The molecule has 0 unspecified atom stereocenters. The van der Waals surface area contributed by atoms with Crippen LogP contribution in [0.4, 0.5) is 13.2 Å². The van der Waals surface area contributed by atoms with Crippen LogP contribution in [0.15, 0.2) is 42.6 Å². The van der Waals surface area contributed by atoms with Gasteiger partial charge in [-0.2, -0.15) is 8.78 Å². The molecular formula is C25H24ClF3N3O6P. The average molecular weight is 586 g/mol. The van der Waals surface area contributed by atoms with Crippen LogP contribution in [-0.2, 0) is 32.9 Å². The quantitative estimate of drug-likeness (QED) is 0.269. The van der Waals surface area contributed by atoms with Crippen LogP contribution in [0.1, 0.15) is 41.3 Å². The summed E-state index contributed by atoms with van der Waals surface area (Å²) >= 11 is 5.77. The van der Waals surface area contributed by atoms with Crippen molar-refractivity contribution in [2.75, 3.05) is 6.54 Å². The highest BCUT2D eigenvalue weighted by Gasteiger charge is 2.50. The molecule has 2 heterocycles.